The van der Waals surface area contributed by atoms with Gasteiger partial charge in [-0.3, -0.25) is 25.1 Å². The van der Waals surface area contributed by atoms with Crippen LogP contribution in [0.3, 0.4) is 0 Å². The molecule has 1 saturated heterocycles. The Bertz CT molecular complexity index is 627. The monoisotopic (exact) mass is 317 g/mol. The number of piperazine rings is 1. The topological polar surface area (TPSA) is 92.9 Å². The number of hydrogen-bond acceptors (Lipinski definition) is 6. The third-order valence-corrected chi connectivity index (χ3v) is 4.31. The number of nitrogens with zero attached hydrogens (tertiary/aromatic N) is 2. The molecule has 0 unspecified atom stereocenters. The molecule has 2 amide bonds. The van der Waals surface area contributed by atoms with Crippen LogP contribution in [0.15, 0.2) is 30.3 Å². The van der Waals surface area contributed by atoms with Gasteiger partial charge >= 0.3 is 5.97 Å². The molecule has 1 aromatic rings. The van der Waals surface area contributed by atoms with Crippen LogP contribution in [-0.4, -0.2) is 46.3 Å². The van der Waals surface area contributed by atoms with E-state index in [1.807, 2.05) is 30.3 Å². The van der Waals surface area contributed by atoms with Gasteiger partial charge in [-0.25, -0.2) is 5.01 Å². The zero-order valence-electron chi connectivity index (χ0n) is 12.7. The van der Waals surface area contributed by atoms with Crippen LogP contribution in [0.1, 0.15) is 24.8 Å². The summed E-state index contributed by atoms with van der Waals surface area (Å²) < 4.78 is 5.16. The molecule has 1 saturated carbocycles. The van der Waals surface area contributed by atoms with Gasteiger partial charge in [-0.2, -0.15) is 0 Å². The molecule has 1 spiro atoms. The van der Waals surface area contributed by atoms with Gasteiger partial charge in [0.25, 0.3) is 5.91 Å². The number of amides is 2. The molecule has 1 aliphatic carbocycles. The Balaban J connectivity index is 1.50. The zero-order chi connectivity index (χ0) is 16.4. The van der Waals surface area contributed by atoms with E-state index >= 15 is 0 Å². The number of carbonyl (C=O) groups is 3. The smallest absolute Gasteiger partial charge is 0.307 e. The number of ether oxygens (including phenoxy) is 1. The molecule has 2 fully saturated rings. The summed E-state index contributed by atoms with van der Waals surface area (Å²) in [6.07, 6.45) is 1.31. The van der Waals surface area contributed by atoms with Gasteiger partial charge in [-0.05, 0) is 18.4 Å². The summed E-state index contributed by atoms with van der Waals surface area (Å²) in [5.41, 5.74) is 0.170. The fraction of sp³-hybridized carbons (Fsp3) is 0.438. The number of carbonyl (C=O) groups excluding carboxylic acids is 3. The molecule has 7 nitrogen and oxygen atoms in total. The highest BCUT2D eigenvalue weighted by Gasteiger charge is 2.59. The minimum Gasteiger partial charge on any atom is -0.461 e. The van der Waals surface area contributed by atoms with E-state index in [1.165, 1.54) is 5.01 Å². The summed E-state index contributed by atoms with van der Waals surface area (Å²) >= 11 is 0. The summed E-state index contributed by atoms with van der Waals surface area (Å²) in [5.74, 6) is 4.66. The van der Waals surface area contributed by atoms with Crippen molar-refractivity contribution in [2.45, 2.75) is 31.4 Å². The standard InChI is InChI=1S/C16H19N3O4/c17-19-10-13(20)18(15(22)16(19)7-8-16)9-6-14(21)23-11-12-4-2-1-3-5-12/h1-5H,6-11,17H2. The van der Waals surface area contributed by atoms with Gasteiger partial charge in [0.1, 0.15) is 12.1 Å². The molecule has 0 aromatic heterocycles. The summed E-state index contributed by atoms with van der Waals surface area (Å²) in [5, 5.41) is 1.32. The molecule has 0 atom stereocenters. The van der Waals surface area contributed by atoms with Crippen molar-refractivity contribution in [3.8, 4) is 0 Å². The summed E-state index contributed by atoms with van der Waals surface area (Å²) in [4.78, 5) is 37.3. The van der Waals surface area contributed by atoms with Crippen molar-refractivity contribution in [3.63, 3.8) is 0 Å². The second-order valence-electron chi connectivity index (χ2n) is 5.91. The number of benzene rings is 1. The van der Waals surface area contributed by atoms with Crippen LogP contribution >= 0.6 is 0 Å². The fourth-order valence-electron chi connectivity index (χ4n) is 2.73. The molecule has 0 bridgehead atoms. The summed E-state index contributed by atoms with van der Waals surface area (Å²) in [6.45, 7) is 0.230. The van der Waals surface area contributed by atoms with Gasteiger partial charge in [0.15, 0.2) is 0 Å². The van der Waals surface area contributed by atoms with Crippen molar-refractivity contribution >= 4 is 17.8 Å². The number of imide groups is 1. The first-order chi connectivity index (χ1) is 11.0. The molecule has 23 heavy (non-hydrogen) atoms. The number of hydrogen-bond donors (Lipinski definition) is 1. The van der Waals surface area contributed by atoms with Gasteiger partial charge < -0.3 is 4.74 Å². The quantitative estimate of drug-likeness (QED) is 0.474. The van der Waals surface area contributed by atoms with Crippen molar-refractivity contribution < 1.29 is 19.1 Å². The minimum atomic E-state index is -0.720. The van der Waals surface area contributed by atoms with Crippen molar-refractivity contribution in [1.29, 1.82) is 0 Å². The lowest BCUT2D eigenvalue weighted by Crippen LogP contribution is -2.64. The Labute approximate surface area is 133 Å². The fourth-order valence-corrected chi connectivity index (χ4v) is 2.73. The predicted octanol–water partition coefficient (Wildman–Crippen LogP) is 0.197. The number of rotatable bonds is 5. The van der Waals surface area contributed by atoms with Crippen molar-refractivity contribution in [2.24, 2.45) is 5.84 Å². The third-order valence-electron chi connectivity index (χ3n) is 4.31. The van der Waals surface area contributed by atoms with Crippen LogP contribution in [-0.2, 0) is 25.7 Å². The molecule has 1 aromatic carbocycles. The normalized spacial score (nSPS) is 20.0. The molecule has 3 rings (SSSR count). The Morgan fingerprint density at radius 3 is 2.57 bits per heavy atom. The summed E-state index contributed by atoms with van der Waals surface area (Å²) in [7, 11) is 0. The second kappa shape index (κ2) is 6.10. The van der Waals surface area contributed by atoms with E-state index in [2.05, 4.69) is 0 Å². The molecular weight excluding hydrogens is 298 g/mol. The SMILES string of the molecule is NN1CC(=O)N(CCC(=O)OCc2ccccc2)C(=O)C12CC2. The molecule has 7 heteroatoms. The first-order valence-corrected chi connectivity index (χ1v) is 7.60. The molecule has 1 heterocycles. The van der Waals surface area contributed by atoms with Crippen molar-refractivity contribution in [1.82, 2.24) is 9.91 Å². The maximum absolute atomic E-state index is 12.4. The van der Waals surface area contributed by atoms with Crippen LogP contribution in [0.5, 0.6) is 0 Å². The number of esters is 1. The van der Waals surface area contributed by atoms with Gasteiger partial charge in [0.05, 0.1) is 13.0 Å². The number of nitrogens with two attached hydrogens (primary N) is 1. The summed E-state index contributed by atoms with van der Waals surface area (Å²) in [6, 6.07) is 9.33. The Morgan fingerprint density at radius 2 is 1.91 bits per heavy atom. The van der Waals surface area contributed by atoms with Crippen LogP contribution < -0.4 is 5.84 Å². The molecular formula is C16H19N3O4. The largest absolute Gasteiger partial charge is 0.461 e. The molecule has 1 aliphatic heterocycles. The lowest BCUT2D eigenvalue weighted by atomic mass is 10.1. The molecule has 122 valence electrons. The van der Waals surface area contributed by atoms with Gasteiger partial charge in [0, 0.05) is 6.54 Å². The van der Waals surface area contributed by atoms with E-state index < -0.39 is 11.5 Å². The second-order valence-corrected chi connectivity index (χ2v) is 5.91. The zero-order valence-corrected chi connectivity index (χ0v) is 12.7. The van der Waals surface area contributed by atoms with Crippen LogP contribution in [0.4, 0.5) is 0 Å². The lowest BCUT2D eigenvalue weighted by molar-refractivity contribution is -0.158. The first kappa shape index (κ1) is 15.6. The maximum Gasteiger partial charge on any atom is 0.307 e. The molecule has 0 radical (unpaired) electrons. The van der Waals surface area contributed by atoms with Crippen molar-refractivity contribution in [3.05, 3.63) is 35.9 Å². The van der Waals surface area contributed by atoms with Crippen LogP contribution in [0, 0.1) is 0 Å². The number of hydrazine groups is 1. The molecule has 2 aliphatic rings. The average molecular weight is 317 g/mol. The lowest BCUT2D eigenvalue weighted by Gasteiger charge is -2.36. The van der Waals surface area contributed by atoms with Crippen LogP contribution in [0.25, 0.3) is 0 Å². The van der Waals surface area contributed by atoms with Gasteiger partial charge in [-0.1, -0.05) is 30.3 Å². The van der Waals surface area contributed by atoms with E-state index in [4.69, 9.17) is 10.6 Å². The van der Waals surface area contributed by atoms with E-state index in [0.717, 1.165) is 10.5 Å². The Hall–Kier alpha value is -2.25. The third kappa shape index (κ3) is 3.11. The highest BCUT2D eigenvalue weighted by atomic mass is 16.5. The van der Waals surface area contributed by atoms with Gasteiger partial charge in [0.2, 0.25) is 5.91 Å². The first-order valence-electron chi connectivity index (χ1n) is 7.60. The van der Waals surface area contributed by atoms with E-state index in [0.29, 0.717) is 12.8 Å². The Morgan fingerprint density at radius 1 is 1.22 bits per heavy atom. The highest BCUT2D eigenvalue weighted by molar-refractivity contribution is 6.05. The maximum atomic E-state index is 12.4. The van der Waals surface area contributed by atoms with E-state index in [9.17, 15) is 14.4 Å². The highest BCUT2D eigenvalue weighted by Crippen LogP contribution is 2.43. The average Bonchev–Trinajstić information content (AvgIpc) is 3.34. The van der Waals surface area contributed by atoms with Crippen LogP contribution in [0.2, 0.25) is 0 Å². The predicted molar refractivity (Wildman–Crippen MR) is 80.4 cm³/mol. The van der Waals surface area contributed by atoms with Crippen molar-refractivity contribution in [2.75, 3.05) is 13.1 Å². The van der Waals surface area contributed by atoms with E-state index in [-0.39, 0.29) is 37.9 Å². The Kier molecular flexibility index (Phi) is 4.14. The van der Waals surface area contributed by atoms with Gasteiger partial charge in [-0.15, -0.1) is 0 Å². The van der Waals surface area contributed by atoms with E-state index in [1.54, 1.807) is 0 Å². The molecule has 2 N–H and O–H groups in total. The minimum absolute atomic E-state index is 0.00476.